The maximum absolute atomic E-state index is 11.6. The van der Waals surface area contributed by atoms with E-state index in [4.69, 9.17) is 0 Å². The number of amides is 1. The van der Waals surface area contributed by atoms with Gasteiger partial charge in [0.1, 0.15) is 0 Å². The Kier molecular flexibility index (Phi) is 4.91. The zero-order chi connectivity index (χ0) is 13.7. The van der Waals surface area contributed by atoms with Gasteiger partial charge in [0, 0.05) is 20.0 Å². The van der Waals surface area contributed by atoms with Gasteiger partial charge in [-0.25, -0.2) is 4.98 Å². The van der Waals surface area contributed by atoms with Crippen LogP contribution in [-0.2, 0) is 11.2 Å². The van der Waals surface area contributed by atoms with Gasteiger partial charge in [-0.3, -0.25) is 4.79 Å². The first kappa shape index (κ1) is 14.0. The molecule has 0 radical (unpaired) electrons. The number of rotatable bonds is 6. The van der Waals surface area contributed by atoms with Crippen molar-refractivity contribution in [2.24, 2.45) is 0 Å². The third kappa shape index (κ3) is 3.77. The molecule has 19 heavy (non-hydrogen) atoms. The number of aromatic nitrogens is 1. The van der Waals surface area contributed by atoms with Gasteiger partial charge in [0.15, 0.2) is 0 Å². The first-order valence-electron chi connectivity index (χ1n) is 6.79. The van der Waals surface area contributed by atoms with Crippen molar-refractivity contribution in [3.8, 4) is 0 Å². The fourth-order valence-electron chi connectivity index (χ4n) is 1.95. The van der Waals surface area contributed by atoms with E-state index in [1.807, 2.05) is 26.1 Å². The van der Waals surface area contributed by atoms with Crippen LogP contribution in [0.25, 0.3) is 10.2 Å². The second kappa shape index (κ2) is 6.66. The molecule has 0 saturated carbocycles. The molecule has 0 atom stereocenters. The number of hydrogen-bond acceptors (Lipinski definition) is 3. The van der Waals surface area contributed by atoms with Crippen LogP contribution < -0.4 is 0 Å². The summed E-state index contributed by atoms with van der Waals surface area (Å²) in [6.07, 6.45) is 3.60. The lowest BCUT2D eigenvalue weighted by Crippen LogP contribution is -2.25. The summed E-state index contributed by atoms with van der Waals surface area (Å²) >= 11 is 1.76. The molecule has 0 aliphatic carbocycles. The van der Waals surface area contributed by atoms with Crippen molar-refractivity contribution in [2.75, 3.05) is 13.6 Å². The largest absolute Gasteiger partial charge is 0.346 e. The fraction of sp³-hybridized carbons (Fsp3) is 0.467. The molecule has 0 fully saturated rings. The van der Waals surface area contributed by atoms with Crippen LogP contribution in [-0.4, -0.2) is 29.4 Å². The number of nitrogens with zero attached hydrogens (tertiary/aromatic N) is 2. The van der Waals surface area contributed by atoms with Crippen LogP contribution in [0.3, 0.4) is 0 Å². The Morgan fingerprint density at radius 3 is 2.84 bits per heavy atom. The van der Waals surface area contributed by atoms with Crippen LogP contribution in [0.5, 0.6) is 0 Å². The van der Waals surface area contributed by atoms with Gasteiger partial charge < -0.3 is 4.90 Å². The molecule has 2 rings (SSSR count). The van der Waals surface area contributed by atoms with Crippen molar-refractivity contribution in [1.82, 2.24) is 9.88 Å². The van der Waals surface area contributed by atoms with Crippen LogP contribution in [0.2, 0.25) is 0 Å². The van der Waals surface area contributed by atoms with Crippen LogP contribution in [0.4, 0.5) is 0 Å². The SMILES string of the molecule is CCN(C)C(=O)CCCCc1nc2ccccc2s1. The summed E-state index contributed by atoms with van der Waals surface area (Å²) in [4.78, 5) is 18.0. The smallest absolute Gasteiger partial charge is 0.222 e. The van der Waals surface area contributed by atoms with Gasteiger partial charge in [0.2, 0.25) is 5.91 Å². The minimum atomic E-state index is 0.242. The van der Waals surface area contributed by atoms with Crippen molar-refractivity contribution in [1.29, 1.82) is 0 Å². The van der Waals surface area contributed by atoms with E-state index in [2.05, 4.69) is 17.1 Å². The standard InChI is InChI=1S/C15H20N2OS/c1-3-17(2)15(18)11-7-6-10-14-16-12-8-4-5-9-13(12)19-14/h4-5,8-9H,3,6-7,10-11H2,1-2H3. The van der Waals surface area contributed by atoms with Gasteiger partial charge in [-0.15, -0.1) is 11.3 Å². The van der Waals surface area contributed by atoms with Crippen LogP contribution >= 0.6 is 11.3 Å². The van der Waals surface area contributed by atoms with Crippen LogP contribution in [0.1, 0.15) is 31.2 Å². The molecular weight excluding hydrogens is 256 g/mol. The van der Waals surface area contributed by atoms with Gasteiger partial charge in [-0.1, -0.05) is 12.1 Å². The summed E-state index contributed by atoms with van der Waals surface area (Å²) in [5.41, 5.74) is 1.09. The summed E-state index contributed by atoms with van der Waals surface area (Å²) in [6.45, 7) is 2.79. The first-order valence-corrected chi connectivity index (χ1v) is 7.60. The monoisotopic (exact) mass is 276 g/mol. The average Bonchev–Trinajstić information content (AvgIpc) is 2.85. The number of carbonyl (C=O) groups excluding carboxylic acids is 1. The van der Waals surface area contributed by atoms with Crippen molar-refractivity contribution in [2.45, 2.75) is 32.6 Å². The molecule has 3 nitrogen and oxygen atoms in total. The van der Waals surface area contributed by atoms with E-state index in [1.165, 1.54) is 9.71 Å². The minimum Gasteiger partial charge on any atom is -0.346 e. The van der Waals surface area contributed by atoms with E-state index in [0.717, 1.165) is 31.3 Å². The lowest BCUT2D eigenvalue weighted by atomic mass is 10.2. The van der Waals surface area contributed by atoms with E-state index in [9.17, 15) is 4.79 Å². The van der Waals surface area contributed by atoms with Crippen molar-refractivity contribution in [3.63, 3.8) is 0 Å². The van der Waals surface area contributed by atoms with Gasteiger partial charge in [-0.05, 0) is 38.3 Å². The number of benzene rings is 1. The molecule has 0 aliphatic heterocycles. The van der Waals surface area contributed by atoms with E-state index in [0.29, 0.717) is 6.42 Å². The first-order chi connectivity index (χ1) is 9.20. The molecule has 1 heterocycles. The Hall–Kier alpha value is -1.42. The maximum Gasteiger partial charge on any atom is 0.222 e. The summed E-state index contributed by atoms with van der Waals surface area (Å²) in [6, 6.07) is 8.22. The van der Waals surface area contributed by atoms with E-state index in [-0.39, 0.29) is 5.91 Å². The Balaban J connectivity index is 1.78. The van der Waals surface area contributed by atoms with E-state index in [1.54, 1.807) is 16.2 Å². The van der Waals surface area contributed by atoms with Gasteiger partial charge in [-0.2, -0.15) is 0 Å². The number of hydrogen-bond donors (Lipinski definition) is 0. The summed E-state index contributed by atoms with van der Waals surface area (Å²) in [7, 11) is 1.86. The number of unbranched alkanes of at least 4 members (excludes halogenated alkanes) is 1. The molecule has 2 aromatic rings. The zero-order valence-electron chi connectivity index (χ0n) is 11.6. The number of aryl methyl sites for hydroxylation is 1. The highest BCUT2D eigenvalue weighted by atomic mass is 32.1. The van der Waals surface area contributed by atoms with Gasteiger partial charge in [0.25, 0.3) is 0 Å². The molecule has 1 aromatic carbocycles. The van der Waals surface area contributed by atoms with Gasteiger partial charge in [0.05, 0.1) is 15.2 Å². The van der Waals surface area contributed by atoms with Crippen molar-refractivity contribution < 1.29 is 4.79 Å². The quantitative estimate of drug-likeness (QED) is 0.757. The lowest BCUT2D eigenvalue weighted by Gasteiger charge is -2.13. The predicted octanol–water partition coefficient (Wildman–Crippen LogP) is 3.49. The molecule has 0 saturated heterocycles. The molecule has 0 spiro atoms. The van der Waals surface area contributed by atoms with Crippen molar-refractivity contribution >= 4 is 27.5 Å². The topological polar surface area (TPSA) is 33.2 Å². The average molecular weight is 276 g/mol. The predicted molar refractivity (Wildman–Crippen MR) is 80.5 cm³/mol. The minimum absolute atomic E-state index is 0.242. The third-order valence-corrected chi connectivity index (χ3v) is 4.37. The van der Waals surface area contributed by atoms with E-state index < -0.39 is 0 Å². The number of para-hydroxylation sites is 1. The number of fused-ring (bicyclic) bond motifs is 1. The lowest BCUT2D eigenvalue weighted by molar-refractivity contribution is -0.129. The Bertz CT molecular complexity index is 517. The number of thiazole rings is 1. The Morgan fingerprint density at radius 2 is 2.11 bits per heavy atom. The second-order valence-corrected chi connectivity index (χ2v) is 5.81. The highest BCUT2D eigenvalue weighted by molar-refractivity contribution is 7.18. The zero-order valence-corrected chi connectivity index (χ0v) is 12.4. The highest BCUT2D eigenvalue weighted by Gasteiger charge is 2.07. The normalized spacial score (nSPS) is 10.8. The summed E-state index contributed by atoms with van der Waals surface area (Å²) in [5, 5.41) is 1.18. The highest BCUT2D eigenvalue weighted by Crippen LogP contribution is 2.22. The molecule has 1 amide bonds. The Morgan fingerprint density at radius 1 is 1.32 bits per heavy atom. The van der Waals surface area contributed by atoms with E-state index >= 15 is 0 Å². The molecule has 1 aromatic heterocycles. The maximum atomic E-state index is 11.6. The molecule has 0 bridgehead atoms. The molecule has 4 heteroatoms. The molecule has 0 aliphatic rings. The Labute approximate surface area is 118 Å². The fourth-order valence-corrected chi connectivity index (χ4v) is 2.96. The molecule has 0 N–H and O–H groups in total. The number of carbonyl (C=O) groups is 1. The molecular formula is C15H20N2OS. The molecule has 102 valence electrons. The van der Waals surface area contributed by atoms with Crippen LogP contribution in [0.15, 0.2) is 24.3 Å². The van der Waals surface area contributed by atoms with Crippen LogP contribution in [0, 0.1) is 0 Å². The molecule has 0 unspecified atom stereocenters. The van der Waals surface area contributed by atoms with Crippen molar-refractivity contribution in [3.05, 3.63) is 29.3 Å². The summed E-state index contributed by atoms with van der Waals surface area (Å²) < 4.78 is 1.25. The third-order valence-electron chi connectivity index (χ3n) is 3.27. The summed E-state index contributed by atoms with van der Waals surface area (Å²) in [5.74, 6) is 0.242. The second-order valence-electron chi connectivity index (χ2n) is 4.69. The van der Waals surface area contributed by atoms with Gasteiger partial charge >= 0.3 is 0 Å².